The zero-order valence-electron chi connectivity index (χ0n) is 21.8. The van der Waals surface area contributed by atoms with Crippen molar-refractivity contribution in [2.24, 2.45) is 0 Å². The first-order chi connectivity index (χ1) is 18.5. The molecule has 5 rings (SSSR count). The minimum Gasteiger partial charge on any atom is -0.358 e. The van der Waals surface area contributed by atoms with Gasteiger partial charge in [-0.3, -0.25) is 9.59 Å². The van der Waals surface area contributed by atoms with E-state index in [0.29, 0.717) is 42.6 Å². The van der Waals surface area contributed by atoms with Crippen molar-refractivity contribution in [3.05, 3.63) is 56.4 Å². The van der Waals surface area contributed by atoms with E-state index in [1.165, 1.54) is 0 Å². The number of allylic oxidation sites excluding steroid dienone is 1. The van der Waals surface area contributed by atoms with Crippen molar-refractivity contribution >= 4 is 64.2 Å². The highest BCUT2D eigenvalue weighted by Gasteiger charge is 2.36. The molecule has 0 unspecified atom stereocenters. The van der Waals surface area contributed by atoms with Gasteiger partial charge in [-0.15, -0.1) is 0 Å². The van der Waals surface area contributed by atoms with Gasteiger partial charge in [-0.25, -0.2) is 14.4 Å². The minimum absolute atomic E-state index is 0.0300. The maximum atomic E-state index is 16.3. The number of halogens is 2. The van der Waals surface area contributed by atoms with Gasteiger partial charge in [0.15, 0.2) is 11.6 Å². The molecule has 0 spiro atoms. The summed E-state index contributed by atoms with van der Waals surface area (Å²) >= 11 is 6.15. The Morgan fingerprint density at radius 3 is 2.59 bits per heavy atom. The van der Waals surface area contributed by atoms with Crippen molar-refractivity contribution in [2.45, 2.75) is 57.6 Å². The molecule has 2 N–H and O–H groups in total. The number of carbonyl (C=O) groups is 2. The van der Waals surface area contributed by atoms with E-state index in [1.807, 2.05) is 13.8 Å². The molecule has 1 aliphatic carbocycles. The second kappa shape index (κ2) is 10.4. The van der Waals surface area contributed by atoms with E-state index >= 15 is 4.39 Å². The molecule has 194 valence electrons. The van der Waals surface area contributed by atoms with Gasteiger partial charge in [-0.1, -0.05) is 24.2 Å². The molecule has 0 aromatic carbocycles. The molecule has 0 bridgehead atoms. The summed E-state index contributed by atoms with van der Waals surface area (Å²) < 4.78 is 16.3. The average Bonchev–Trinajstić information content (AvgIpc) is 2.85. The van der Waals surface area contributed by atoms with Gasteiger partial charge in [-0.05, 0) is 60.9 Å². The fourth-order valence-electron chi connectivity index (χ4n) is 5.56. The molecule has 4 heterocycles. The number of rotatable bonds is 6. The molecule has 6 radical (unpaired) electrons. The van der Waals surface area contributed by atoms with Gasteiger partial charge in [0.2, 0.25) is 5.28 Å². The quantitative estimate of drug-likeness (QED) is 0.432. The van der Waals surface area contributed by atoms with Crippen LogP contribution in [0.15, 0.2) is 22.9 Å². The summed E-state index contributed by atoms with van der Waals surface area (Å²) in [5.41, 5.74) is 4.88. The van der Waals surface area contributed by atoms with Crippen LogP contribution in [0.5, 0.6) is 0 Å². The van der Waals surface area contributed by atoms with Crippen molar-refractivity contribution in [1.29, 1.82) is 0 Å². The van der Waals surface area contributed by atoms with E-state index in [4.69, 9.17) is 35.1 Å². The van der Waals surface area contributed by atoms with E-state index in [1.54, 1.807) is 6.20 Å². The summed E-state index contributed by atoms with van der Waals surface area (Å²) in [6.07, 6.45) is 5.14. The molecular weight excluding hydrogens is 515 g/mol. The highest BCUT2D eigenvalue weighted by molar-refractivity contribution is 6.60. The lowest BCUT2D eigenvalue weighted by atomic mass is 9.48. The van der Waals surface area contributed by atoms with Crippen molar-refractivity contribution in [3.8, 4) is 0 Å². The van der Waals surface area contributed by atoms with Crippen molar-refractivity contribution in [3.63, 3.8) is 0 Å². The first-order valence-corrected chi connectivity index (χ1v) is 13.3. The van der Waals surface area contributed by atoms with Gasteiger partial charge in [-0.2, -0.15) is 4.98 Å². The first-order valence-electron chi connectivity index (χ1n) is 12.9. The summed E-state index contributed by atoms with van der Waals surface area (Å²) in [5, 5.41) is 3.76. The fraction of sp³-hybridized carbons (Fsp3) is 0.423. The van der Waals surface area contributed by atoms with Gasteiger partial charge >= 0.3 is 0 Å². The van der Waals surface area contributed by atoms with Crippen molar-refractivity contribution in [1.82, 2.24) is 25.2 Å². The summed E-state index contributed by atoms with van der Waals surface area (Å²) in [7, 11) is 17.4. The van der Waals surface area contributed by atoms with Gasteiger partial charge in [0.1, 0.15) is 11.4 Å². The molecular formula is C26H25B3ClFN6O2. The van der Waals surface area contributed by atoms with Crippen LogP contribution in [0.4, 0.5) is 16.0 Å². The lowest BCUT2D eigenvalue weighted by Gasteiger charge is -2.40. The van der Waals surface area contributed by atoms with Crippen LogP contribution >= 0.6 is 11.6 Å². The molecule has 13 heteroatoms. The zero-order chi connectivity index (χ0) is 28.1. The maximum Gasteiger partial charge on any atom is 0.257 e. The van der Waals surface area contributed by atoms with Gasteiger partial charge in [0, 0.05) is 36.8 Å². The van der Waals surface area contributed by atoms with Crippen molar-refractivity contribution in [2.75, 3.05) is 18.4 Å². The number of hydrogen-bond donors (Lipinski definition) is 2. The Morgan fingerprint density at radius 2 is 1.90 bits per heavy atom. The Labute approximate surface area is 235 Å². The number of aryl methyl sites for hydroxylation is 1. The van der Waals surface area contributed by atoms with Gasteiger partial charge in [0.25, 0.3) is 11.8 Å². The normalized spacial score (nSPS) is 17.7. The molecule has 0 saturated heterocycles. The summed E-state index contributed by atoms with van der Waals surface area (Å²) in [5.74, 6) is -1.50. The number of anilines is 2. The second-order valence-electron chi connectivity index (χ2n) is 10.1. The van der Waals surface area contributed by atoms with Gasteiger partial charge in [0.05, 0.1) is 29.2 Å². The lowest BCUT2D eigenvalue weighted by molar-refractivity contribution is -0.117. The third kappa shape index (κ3) is 4.99. The van der Waals surface area contributed by atoms with E-state index in [0.717, 1.165) is 40.0 Å². The third-order valence-electron chi connectivity index (χ3n) is 7.34. The summed E-state index contributed by atoms with van der Waals surface area (Å²) in [4.78, 5) is 39.9. The molecule has 0 fully saturated rings. The van der Waals surface area contributed by atoms with E-state index < -0.39 is 17.0 Å². The monoisotopic (exact) mass is 540 g/mol. The number of nitrogens with one attached hydrogen (secondary N) is 2. The molecule has 2 aromatic heterocycles. The second-order valence-corrected chi connectivity index (χ2v) is 10.4. The molecule has 0 atom stereocenters. The van der Waals surface area contributed by atoms with Crippen LogP contribution in [0.3, 0.4) is 0 Å². The Bertz CT molecular complexity index is 1460. The van der Waals surface area contributed by atoms with E-state index in [2.05, 4.69) is 25.6 Å². The van der Waals surface area contributed by atoms with Gasteiger partial charge < -0.3 is 15.5 Å². The predicted octanol–water partition coefficient (Wildman–Crippen LogP) is 2.86. The molecule has 8 nitrogen and oxygen atoms in total. The molecule has 3 aliphatic rings. The van der Waals surface area contributed by atoms with E-state index in [-0.39, 0.29) is 41.4 Å². The SMILES string of the molecule is [B]C([B])([B])N1CCc2nc(Cl)nc(Nc3ncc4c(c3F)C(CCC)=C(C3=C(C)CCNC3=O)CC4)c2C1=O. The molecule has 0 saturated carbocycles. The fourth-order valence-corrected chi connectivity index (χ4v) is 5.75. The van der Waals surface area contributed by atoms with Crippen LogP contribution in [0, 0.1) is 5.82 Å². The average molecular weight is 540 g/mol. The Morgan fingerprint density at radius 1 is 1.13 bits per heavy atom. The van der Waals surface area contributed by atoms with Crippen LogP contribution in [-0.4, -0.2) is 73.5 Å². The Balaban J connectivity index is 1.62. The Kier molecular flexibility index (Phi) is 7.35. The number of fused-ring (bicyclic) bond motifs is 2. The number of nitrogens with zero attached hydrogens (tertiary/aromatic N) is 4. The zero-order valence-corrected chi connectivity index (χ0v) is 22.6. The van der Waals surface area contributed by atoms with E-state index in [9.17, 15) is 9.59 Å². The Hall–Kier alpha value is -3.14. The number of aromatic nitrogens is 3. The van der Waals surface area contributed by atoms with Crippen LogP contribution in [-0.2, 0) is 17.6 Å². The molecule has 39 heavy (non-hydrogen) atoms. The smallest absolute Gasteiger partial charge is 0.257 e. The summed E-state index contributed by atoms with van der Waals surface area (Å²) in [6, 6.07) is 0. The third-order valence-corrected chi connectivity index (χ3v) is 7.51. The highest BCUT2D eigenvalue weighted by Crippen LogP contribution is 2.42. The number of hydrogen-bond acceptors (Lipinski definition) is 6. The predicted molar refractivity (Wildman–Crippen MR) is 150 cm³/mol. The topological polar surface area (TPSA) is 100 Å². The molecule has 2 amide bonds. The minimum atomic E-state index is -1.91. The van der Waals surface area contributed by atoms with Crippen LogP contribution in [0.25, 0.3) is 5.57 Å². The van der Waals surface area contributed by atoms with Crippen LogP contribution < -0.4 is 10.6 Å². The van der Waals surface area contributed by atoms with Crippen LogP contribution in [0.1, 0.15) is 66.7 Å². The first kappa shape index (κ1) is 27.4. The lowest BCUT2D eigenvalue weighted by Crippen LogP contribution is -2.56. The van der Waals surface area contributed by atoms with Crippen molar-refractivity contribution < 1.29 is 14.0 Å². The number of amides is 2. The van der Waals surface area contributed by atoms with Crippen LogP contribution in [0.2, 0.25) is 5.28 Å². The number of carbonyl (C=O) groups excluding carboxylic acids is 2. The number of pyridine rings is 1. The molecule has 2 aliphatic heterocycles. The highest BCUT2D eigenvalue weighted by atomic mass is 35.5. The largest absolute Gasteiger partial charge is 0.358 e. The standard InChI is InChI=1S/C26H25B3ClFN6O2/c1-3-4-14-15(17-12(2)7-9-32-23(17)38)6-5-13-11-33-22(20(31)18(13)14)35-21-19-16(34-25(30)36-21)8-10-37(24(19)39)26(27,28)29/h11H,3-10H2,1-2H3,(H,32,38)(H,33,34,35,36). The maximum absolute atomic E-state index is 16.3. The molecule has 2 aromatic rings. The summed E-state index contributed by atoms with van der Waals surface area (Å²) in [6.45, 7) is 4.69.